The zero-order valence-corrected chi connectivity index (χ0v) is 9.46. The van der Waals surface area contributed by atoms with Crippen LogP contribution in [0.4, 0.5) is 0 Å². The molecule has 1 unspecified atom stereocenters. The molecule has 0 aliphatic carbocycles. The van der Waals surface area contributed by atoms with Crippen LogP contribution in [0.3, 0.4) is 0 Å². The molecule has 3 N–H and O–H groups in total. The highest BCUT2D eigenvalue weighted by Crippen LogP contribution is 2.47. The van der Waals surface area contributed by atoms with E-state index in [0.717, 1.165) is 0 Å². The molecule has 1 aliphatic heterocycles. The highest BCUT2D eigenvalue weighted by atomic mass is 16.7. The van der Waals surface area contributed by atoms with Gasteiger partial charge in [0, 0.05) is 6.42 Å². The molecular formula is C10H20O4. The average Bonchev–Trinajstić information content (AvgIpc) is 1.95. The second-order valence-electron chi connectivity index (χ2n) is 5.41. The third-order valence-corrected chi connectivity index (χ3v) is 3.26. The number of rotatable bonds is 1. The Bertz CT molecular complexity index is 221. The number of hydrogen-bond donors (Lipinski definition) is 3. The van der Waals surface area contributed by atoms with Crippen molar-refractivity contribution >= 4 is 0 Å². The lowest BCUT2D eigenvalue weighted by Gasteiger charge is -2.36. The van der Waals surface area contributed by atoms with Gasteiger partial charge in [-0.25, -0.2) is 0 Å². The summed E-state index contributed by atoms with van der Waals surface area (Å²) in [6.45, 7) is 7.90. The molecule has 4 heteroatoms. The smallest absolute Gasteiger partial charge is 0.197 e. The van der Waals surface area contributed by atoms with Gasteiger partial charge in [0.2, 0.25) is 0 Å². The van der Waals surface area contributed by atoms with Gasteiger partial charge in [-0.3, -0.25) is 0 Å². The average molecular weight is 204 g/mol. The minimum Gasteiger partial charge on any atom is -0.387 e. The summed E-state index contributed by atoms with van der Waals surface area (Å²) in [5.41, 5.74) is -3.42. The van der Waals surface area contributed by atoms with Gasteiger partial charge < -0.3 is 20.1 Å². The Hall–Kier alpha value is -0.160. The first-order valence-corrected chi connectivity index (χ1v) is 4.79. The van der Waals surface area contributed by atoms with Gasteiger partial charge in [-0.2, -0.15) is 0 Å². The van der Waals surface area contributed by atoms with Crippen molar-refractivity contribution in [2.75, 3.05) is 0 Å². The molecule has 4 nitrogen and oxygen atoms in total. The van der Waals surface area contributed by atoms with Crippen LogP contribution in [0.25, 0.3) is 0 Å². The highest BCUT2D eigenvalue weighted by molar-refractivity contribution is 5.07. The van der Waals surface area contributed by atoms with Gasteiger partial charge in [-0.05, 0) is 34.6 Å². The summed E-state index contributed by atoms with van der Waals surface area (Å²) in [7, 11) is 0. The van der Waals surface area contributed by atoms with Crippen molar-refractivity contribution in [1.29, 1.82) is 0 Å². The molecule has 1 saturated heterocycles. The third kappa shape index (κ3) is 1.56. The monoisotopic (exact) mass is 204 g/mol. The van der Waals surface area contributed by atoms with E-state index in [-0.39, 0.29) is 6.42 Å². The van der Waals surface area contributed by atoms with Crippen LogP contribution >= 0.6 is 0 Å². The predicted octanol–water partition coefficient (Wildman–Crippen LogP) is 0.396. The van der Waals surface area contributed by atoms with Crippen LogP contribution in [0.2, 0.25) is 0 Å². The van der Waals surface area contributed by atoms with Gasteiger partial charge in [0.1, 0.15) is 5.60 Å². The Labute approximate surface area is 84.5 Å². The van der Waals surface area contributed by atoms with E-state index in [2.05, 4.69) is 0 Å². The first-order valence-electron chi connectivity index (χ1n) is 4.79. The Kier molecular flexibility index (Phi) is 2.29. The van der Waals surface area contributed by atoms with E-state index in [9.17, 15) is 15.3 Å². The maximum Gasteiger partial charge on any atom is 0.197 e. The molecular weight excluding hydrogens is 184 g/mol. The standard InChI is InChI=1S/C10H20O4/c1-7(2,11)10(13)6-9(5,12)8(3,4)14-10/h11-13H,6H2,1-5H3/t9-,10?/m0/s1. The SMILES string of the molecule is CC(C)(O)C1(O)C[C@](C)(O)C(C)(C)O1. The van der Waals surface area contributed by atoms with Gasteiger partial charge in [0.05, 0.1) is 11.2 Å². The fourth-order valence-electron chi connectivity index (χ4n) is 1.59. The van der Waals surface area contributed by atoms with E-state index < -0.39 is 22.6 Å². The van der Waals surface area contributed by atoms with Gasteiger partial charge in [0.25, 0.3) is 0 Å². The molecule has 14 heavy (non-hydrogen) atoms. The molecule has 1 rings (SSSR count). The van der Waals surface area contributed by atoms with E-state index in [4.69, 9.17) is 4.74 Å². The number of hydrogen-bond acceptors (Lipinski definition) is 4. The zero-order chi connectivity index (χ0) is 11.4. The first-order chi connectivity index (χ1) is 5.91. The second-order valence-corrected chi connectivity index (χ2v) is 5.41. The zero-order valence-electron chi connectivity index (χ0n) is 9.46. The van der Waals surface area contributed by atoms with Crippen LogP contribution in [0.5, 0.6) is 0 Å². The summed E-state index contributed by atoms with van der Waals surface area (Å²) in [4.78, 5) is 0. The van der Waals surface area contributed by atoms with Gasteiger partial charge in [0.15, 0.2) is 5.79 Å². The molecule has 1 heterocycles. The minimum atomic E-state index is -1.69. The highest BCUT2D eigenvalue weighted by Gasteiger charge is 2.62. The van der Waals surface area contributed by atoms with Crippen LogP contribution < -0.4 is 0 Å². The van der Waals surface area contributed by atoms with Crippen molar-refractivity contribution in [3.63, 3.8) is 0 Å². The third-order valence-electron chi connectivity index (χ3n) is 3.26. The van der Waals surface area contributed by atoms with Gasteiger partial charge >= 0.3 is 0 Å². The number of ether oxygens (including phenoxy) is 1. The lowest BCUT2D eigenvalue weighted by molar-refractivity contribution is -0.294. The van der Waals surface area contributed by atoms with Crippen LogP contribution in [-0.2, 0) is 4.74 Å². The van der Waals surface area contributed by atoms with Crippen LogP contribution in [0, 0.1) is 0 Å². The minimum absolute atomic E-state index is 0.00347. The molecule has 0 radical (unpaired) electrons. The summed E-state index contributed by atoms with van der Waals surface area (Å²) in [5, 5.41) is 29.8. The normalized spacial score (nSPS) is 42.9. The first kappa shape index (κ1) is 11.9. The molecule has 84 valence electrons. The Morgan fingerprint density at radius 2 is 1.57 bits per heavy atom. The van der Waals surface area contributed by atoms with Crippen LogP contribution in [-0.4, -0.2) is 37.9 Å². The largest absolute Gasteiger partial charge is 0.387 e. The van der Waals surface area contributed by atoms with E-state index >= 15 is 0 Å². The lowest BCUT2D eigenvalue weighted by Crippen LogP contribution is -2.50. The summed E-state index contributed by atoms with van der Waals surface area (Å²) in [6, 6.07) is 0. The molecule has 2 atom stereocenters. The quantitative estimate of drug-likeness (QED) is 0.578. The summed E-state index contributed by atoms with van der Waals surface area (Å²) >= 11 is 0. The molecule has 0 aromatic carbocycles. The van der Waals surface area contributed by atoms with E-state index in [0.29, 0.717) is 0 Å². The second kappa shape index (κ2) is 2.70. The summed E-state index contributed by atoms with van der Waals surface area (Å²) in [6.07, 6.45) is -0.00347. The predicted molar refractivity (Wildman–Crippen MR) is 51.7 cm³/mol. The maximum atomic E-state index is 10.1. The van der Waals surface area contributed by atoms with E-state index in [1.165, 1.54) is 13.8 Å². The van der Waals surface area contributed by atoms with E-state index in [1.807, 2.05) is 0 Å². The topological polar surface area (TPSA) is 69.9 Å². The summed E-state index contributed by atoms with van der Waals surface area (Å²) < 4.78 is 5.37. The fraction of sp³-hybridized carbons (Fsp3) is 1.00. The molecule has 1 fully saturated rings. The van der Waals surface area contributed by atoms with Crippen LogP contribution in [0.1, 0.15) is 41.0 Å². The van der Waals surface area contributed by atoms with Crippen molar-refractivity contribution in [3.8, 4) is 0 Å². The van der Waals surface area contributed by atoms with Crippen molar-refractivity contribution < 1.29 is 20.1 Å². The molecule has 0 bridgehead atoms. The van der Waals surface area contributed by atoms with Gasteiger partial charge in [-0.15, -0.1) is 0 Å². The summed E-state index contributed by atoms with van der Waals surface area (Å²) in [5.74, 6) is -1.69. The Balaban J connectivity index is 3.03. The van der Waals surface area contributed by atoms with E-state index in [1.54, 1.807) is 20.8 Å². The van der Waals surface area contributed by atoms with Gasteiger partial charge in [-0.1, -0.05) is 0 Å². The van der Waals surface area contributed by atoms with Crippen molar-refractivity contribution in [3.05, 3.63) is 0 Å². The van der Waals surface area contributed by atoms with Crippen molar-refractivity contribution in [1.82, 2.24) is 0 Å². The molecule has 1 aliphatic rings. The molecule has 0 amide bonds. The Morgan fingerprint density at radius 3 is 1.71 bits per heavy atom. The molecule has 0 saturated carbocycles. The van der Waals surface area contributed by atoms with Crippen molar-refractivity contribution in [2.24, 2.45) is 0 Å². The van der Waals surface area contributed by atoms with Crippen LogP contribution in [0.15, 0.2) is 0 Å². The Morgan fingerprint density at radius 1 is 1.14 bits per heavy atom. The molecule has 0 spiro atoms. The maximum absolute atomic E-state index is 10.1. The fourth-order valence-corrected chi connectivity index (χ4v) is 1.59. The lowest BCUT2D eigenvalue weighted by atomic mass is 9.83. The van der Waals surface area contributed by atoms with Crippen molar-refractivity contribution in [2.45, 2.75) is 63.6 Å². The molecule has 0 aromatic heterocycles. The number of aliphatic hydroxyl groups is 3. The molecule has 0 aromatic rings.